The summed E-state index contributed by atoms with van der Waals surface area (Å²) in [7, 11) is 0. The first-order valence-corrected chi connectivity index (χ1v) is 5.72. The van der Waals surface area contributed by atoms with E-state index in [0.29, 0.717) is 16.7 Å². The van der Waals surface area contributed by atoms with Crippen LogP contribution in [0.5, 0.6) is 0 Å². The molecule has 2 amide bonds. The summed E-state index contributed by atoms with van der Waals surface area (Å²) in [5.41, 5.74) is 1.42. The number of benzene rings is 1. The Labute approximate surface area is 108 Å². The van der Waals surface area contributed by atoms with E-state index >= 15 is 0 Å². The number of pyridine rings is 1. The third kappa shape index (κ3) is 1.89. The topological polar surface area (TPSA) is 50.3 Å². The first-order valence-electron chi connectivity index (χ1n) is 5.72. The second-order valence-corrected chi connectivity index (χ2v) is 4.23. The van der Waals surface area contributed by atoms with Gasteiger partial charge in [-0.15, -0.1) is 0 Å². The van der Waals surface area contributed by atoms with E-state index < -0.39 is 5.95 Å². The number of rotatable bonds is 2. The van der Waals surface area contributed by atoms with Crippen molar-refractivity contribution in [1.82, 2.24) is 9.88 Å². The highest BCUT2D eigenvalue weighted by Crippen LogP contribution is 2.23. The molecule has 1 aromatic carbocycles. The van der Waals surface area contributed by atoms with Crippen molar-refractivity contribution in [3.05, 3.63) is 65.2 Å². The molecular formula is C14H9FN2O2. The lowest BCUT2D eigenvalue weighted by Crippen LogP contribution is -2.29. The molecule has 19 heavy (non-hydrogen) atoms. The summed E-state index contributed by atoms with van der Waals surface area (Å²) in [6, 6.07) is 9.39. The number of halogens is 1. The Hall–Kier alpha value is -2.56. The van der Waals surface area contributed by atoms with Gasteiger partial charge in [0.1, 0.15) is 0 Å². The van der Waals surface area contributed by atoms with Crippen molar-refractivity contribution in [2.75, 3.05) is 0 Å². The van der Waals surface area contributed by atoms with Gasteiger partial charge in [-0.1, -0.05) is 18.2 Å². The number of hydrogen-bond acceptors (Lipinski definition) is 3. The van der Waals surface area contributed by atoms with Crippen molar-refractivity contribution in [3.63, 3.8) is 0 Å². The molecule has 2 heterocycles. The summed E-state index contributed by atoms with van der Waals surface area (Å²) >= 11 is 0. The van der Waals surface area contributed by atoms with Crippen LogP contribution in [0.3, 0.4) is 0 Å². The quantitative estimate of drug-likeness (QED) is 0.610. The smallest absolute Gasteiger partial charge is 0.261 e. The molecule has 0 aliphatic carbocycles. The predicted molar refractivity (Wildman–Crippen MR) is 64.8 cm³/mol. The molecule has 0 bridgehead atoms. The van der Waals surface area contributed by atoms with Crippen LogP contribution in [0, 0.1) is 5.95 Å². The zero-order valence-corrected chi connectivity index (χ0v) is 9.84. The molecule has 0 saturated carbocycles. The maximum Gasteiger partial charge on any atom is 0.261 e. The van der Waals surface area contributed by atoms with Crippen LogP contribution in [0.1, 0.15) is 26.3 Å². The van der Waals surface area contributed by atoms with Gasteiger partial charge in [0.25, 0.3) is 11.8 Å². The molecule has 0 N–H and O–H groups in total. The fourth-order valence-electron chi connectivity index (χ4n) is 2.07. The molecule has 94 valence electrons. The van der Waals surface area contributed by atoms with Crippen molar-refractivity contribution in [2.24, 2.45) is 0 Å². The van der Waals surface area contributed by atoms with Crippen LogP contribution < -0.4 is 0 Å². The molecule has 1 aromatic heterocycles. The molecule has 0 saturated heterocycles. The van der Waals surface area contributed by atoms with Crippen LogP contribution in [-0.4, -0.2) is 21.7 Å². The monoisotopic (exact) mass is 256 g/mol. The van der Waals surface area contributed by atoms with Gasteiger partial charge in [0.15, 0.2) is 0 Å². The minimum absolute atomic E-state index is 0.0969. The van der Waals surface area contributed by atoms with Gasteiger partial charge in [-0.2, -0.15) is 4.39 Å². The maximum atomic E-state index is 12.7. The number of fused-ring (bicyclic) bond motifs is 1. The van der Waals surface area contributed by atoms with E-state index in [4.69, 9.17) is 0 Å². The Morgan fingerprint density at radius 3 is 2.16 bits per heavy atom. The molecular weight excluding hydrogens is 247 g/mol. The fraction of sp³-hybridized carbons (Fsp3) is 0.0714. The number of aromatic nitrogens is 1. The van der Waals surface area contributed by atoms with Gasteiger partial charge in [-0.25, -0.2) is 4.98 Å². The second kappa shape index (κ2) is 4.28. The number of nitrogens with zero attached hydrogens (tertiary/aromatic N) is 2. The Morgan fingerprint density at radius 2 is 1.63 bits per heavy atom. The van der Waals surface area contributed by atoms with Crippen molar-refractivity contribution in [1.29, 1.82) is 0 Å². The van der Waals surface area contributed by atoms with Crippen molar-refractivity contribution >= 4 is 11.8 Å². The molecule has 0 spiro atoms. The summed E-state index contributed by atoms with van der Waals surface area (Å²) in [4.78, 5) is 28.8. The van der Waals surface area contributed by atoms with E-state index in [1.165, 1.54) is 18.3 Å². The zero-order valence-electron chi connectivity index (χ0n) is 9.84. The second-order valence-electron chi connectivity index (χ2n) is 4.23. The maximum absolute atomic E-state index is 12.7. The van der Waals surface area contributed by atoms with Crippen molar-refractivity contribution in [3.8, 4) is 0 Å². The number of carbonyl (C=O) groups excluding carboxylic acids is 2. The van der Waals surface area contributed by atoms with Gasteiger partial charge < -0.3 is 0 Å². The van der Waals surface area contributed by atoms with E-state index in [-0.39, 0.29) is 18.4 Å². The minimum atomic E-state index is -0.592. The van der Waals surface area contributed by atoms with Crippen molar-refractivity contribution in [2.45, 2.75) is 6.54 Å². The normalized spacial score (nSPS) is 13.8. The highest BCUT2D eigenvalue weighted by Gasteiger charge is 2.34. The Kier molecular flexibility index (Phi) is 2.59. The molecule has 2 aromatic rings. The van der Waals surface area contributed by atoms with Crippen LogP contribution in [0.15, 0.2) is 42.6 Å². The number of amides is 2. The van der Waals surface area contributed by atoms with Gasteiger partial charge >= 0.3 is 0 Å². The lowest BCUT2D eigenvalue weighted by atomic mass is 10.1. The van der Waals surface area contributed by atoms with Gasteiger partial charge in [0.2, 0.25) is 5.95 Å². The van der Waals surface area contributed by atoms with Gasteiger partial charge in [-0.05, 0) is 23.8 Å². The summed E-state index contributed by atoms with van der Waals surface area (Å²) < 4.78 is 12.7. The highest BCUT2D eigenvalue weighted by atomic mass is 19.1. The fourth-order valence-corrected chi connectivity index (χ4v) is 2.07. The molecule has 4 nitrogen and oxygen atoms in total. The van der Waals surface area contributed by atoms with Crippen LogP contribution in [0.2, 0.25) is 0 Å². The summed E-state index contributed by atoms with van der Waals surface area (Å²) in [5, 5.41) is 0. The van der Waals surface area contributed by atoms with E-state index in [9.17, 15) is 14.0 Å². The van der Waals surface area contributed by atoms with Crippen LogP contribution in [0.4, 0.5) is 4.39 Å². The largest absolute Gasteiger partial charge is 0.270 e. The Morgan fingerprint density at radius 1 is 1.00 bits per heavy atom. The number of carbonyl (C=O) groups is 2. The lowest BCUT2D eigenvalue weighted by molar-refractivity contribution is 0.0642. The SMILES string of the molecule is O=C1c2ccccc2C(=O)N1Cc1ccc(F)nc1. The first-order chi connectivity index (χ1) is 9.16. The van der Waals surface area contributed by atoms with Gasteiger partial charge in [-0.3, -0.25) is 14.5 Å². The standard InChI is InChI=1S/C14H9FN2O2/c15-12-6-5-9(7-16-12)8-17-13(18)10-3-1-2-4-11(10)14(17)19/h1-7H,8H2. The van der Waals surface area contributed by atoms with E-state index in [1.807, 2.05) is 0 Å². The highest BCUT2D eigenvalue weighted by molar-refractivity contribution is 6.21. The summed E-state index contributed by atoms with van der Waals surface area (Å²) in [5.74, 6) is -1.25. The first kappa shape index (κ1) is 11.5. The predicted octanol–water partition coefficient (Wildman–Crippen LogP) is 2.02. The zero-order chi connectivity index (χ0) is 13.4. The third-order valence-electron chi connectivity index (χ3n) is 3.01. The van der Waals surface area contributed by atoms with E-state index in [0.717, 1.165) is 4.90 Å². The van der Waals surface area contributed by atoms with Gasteiger partial charge in [0.05, 0.1) is 17.7 Å². The molecule has 1 aliphatic heterocycles. The van der Waals surface area contributed by atoms with Crippen LogP contribution in [0.25, 0.3) is 0 Å². The summed E-state index contributed by atoms with van der Waals surface area (Å²) in [6.45, 7) is 0.0969. The third-order valence-corrected chi connectivity index (χ3v) is 3.01. The molecule has 1 aliphatic rings. The van der Waals surface area contributed by atoms with Crippen LogP contribution in [-0.2, 0) is 6.54 Å². The minimum Gasteiger partial charge on any atom is -0.270 e. The van der Waals surface area contributed by atoms with Crippen LogP contribution >= 0.6 is 0 Å². The number of hydrogen-bond donors (Lipinski definition) is 0. The average Bonchev–Trinajstić information content (AvgIpc) is 2.67. The lowest BCUT2D eigenvalue weighted by Gasteiger charge is -2.13. The van der Waals surface area contributed by atoms with Gasteiger partial charge in [0, 0.05) is 6.20 Å². The molecule has 0 atom stereocenters. The molecule has 5 heteroatoms. The Bertz CT molecular complexity index is 632. The summed E-state index contributed by atoms with van der Waals surface area (Å²) in [6.07, 6.45) is 1.32. The van der Waals surface area contributed by atoms with E-state index in [1.54, 1.807) is 24.3 Å². The molecule has 3 rings (SSSR count). The molecule has 0 fully saturated rings. The molecule has 0 radical (unpaired) electrons. The number of imide groups is 1. The average molecular weight is 256 g/mol. The van der Waals surface area contributed by atoms with E-state index in [2.05, 4.69) is 4.98 Å². The van der Waals surface area contributed by atoms with Crippen molar-refractivity contribution < 1.29 is 14.0 Å². The molecule has 0 unspecified atom stereocenters. The Balaban J connectivity index is 1.90.